The minimum atomic E-state index is -4.46. The Bertz CT molecular complexity index is 729. The molecule has 10 heteroatoms. The van der Waals surface area contributed by atoms with Gasteiger partial charge < -0.3 is 10.0 Å². The number of aromatic nitrogens is 4. The SMILES string of the molecule is O=C(O)c1cnc(N2CCCC(n3ccc(C(F)(F)F)n3)C2)cn1. The van der Waals surface area contributed by atoms with E-state index >= 15 is 0 Å². The first-order valence-corrected chi connectivity index (χ1v) is 7.27. The van der Waals surface area contributed by atoms with Crippen LogP contribution >= 0.6 is 0 Å². The second kappa shape index (κ2) is 6.10. The Labute approximate surface area is 134 Å². The molecular weight excluding hydrogens is 327 g/mol. The zero-order valence-corrected chi connectivity index (χ0v) is 12.4. The lowest BCUT2D eigenvalue weighted by molar-refractivity contribution is -0.141. The van der Waals surface area contributed by atoms with Crippen LogP contribution in [0, 0.1) is 0 Å². The average Bonchev–Trinajstić information content (AvgIpc) is 3.05. The molecule has 3 rings (SSSR count). The fraction of sp³-hybridized carbons (Fsp3) is 0.429. The van der Waals surface area contributed by atoms with Crippen LogP contribution in [0.5, 0.6) is 0 Å². The predicted molar refractivity (Wildman–Crippen MR) is 76.7 cm³/mol. The van der Waals surface area contributed by atoms with E-state index in [2.05, 4.69) is 15.1 Å². The van der Waals surface area contributed by atoms with Gasteiger partial charge in [-0.05, 0) is 18.9 Å². The summed E-state index contributed by atoms with van der Waals surface area (Å²) in [5.41, 5.74) is -1.07. The molecule has 0 bridgehead atoms. The van der Waals surface area contributed by atoms with Gasteiger partial charge in [0.15, 0.2) is 11.4 Å². The molecule has 24 heavy (non-hydrogen) atoms. The third-order valence-electron chi connectivity index (χ3n) is 3.85. The Morgan fingerprint density at radius 2 is 2.08 bits per heavy atom. The van der Waals surface area contributed by atoms with E-state index in [1.807, 2.05) is 4.90 Å². The van der Waals surface area contributed by atoms with Gasteiger partial charge in [0.05, 0.1) is 18.4 Å². The van der Waals surface area contributed by atoms with Crippen molar-refractivity contribution in [2.24, 2.45) is 0 Å². The molecule has 0 spiro atoms. The molecule has 1 aliphatic heterocycles. The second-order valence-electron chi connectivity index (χ2n) is 5.49. The molecule has 1 fully saturated rings. The lowest BCUT2D eigenvalue weighted by Gasteiger charge is -2.33. The summed E-state index contributed by atoms with van der Waals surface area (Å²) in [6, 6.07) is 0.747. The monoisotopic (exact) mass is 341 g/mol. The predicted octanol–water partition coefficient (Wildman–Crippen LogP) is 2.23. The van der Waals surface area contributed by atoms with E-state index < -0.39 is 17.8 Å². The number of halogens is 3. The van der Waals surface area contributed by atoms with Crippen LogP contribution in [0.2, 0.25) is 0 Å². The normalized spacial score (nSPS) is 18.6. The Kier molecular flexibility index (Phi) is 4.12. The van der Waals surface area contributed by atoms with Crippen LogP contribution in [-0.4, -0.2) is 43.9 Å². The number of hydrogen-bond acceptors (Lipinski definition) is 5. The number of carbonyl (C=O) groups is 1. The molecule has 1 unspecified atom stereocenters. The number of rotatable bonds is 3. The summed E-state index contributed by atoms with van der Waals surface area (Å²) in [5, 5.41) is 12.4. The van der Waals surface area contributed by atoms with Gasteiger partial charge >= 0.3 is 12.1 Å². The van der Waals surface area contributed by atoms with Gasteiger partial charge in [-0.15, -0.1) is 0 Å². The fourth-order valence-corrected chi connectivity index (χ4v) is 2.67. The van der Waals surface area contributed by atoms with Crippen LogP contribution in [-0.2, 0) is 6.18 Å². The number of carboxylic acid groups (broad SMARTS) is 1. The summed E-state index contributed by atoms with van der Waals surface area (Å²) in [6.45, 7) is 1.10. The van der Waals surface area contributed by atoms with Gasteiger partial charge in [-0.1, -0.05) is 0 Å². The summed E-state index contributed by atoms with van der Waals surface area (Å²) in [5.74, 6) is -0.672. The Morgan fingerprint density at radius 1 is 1.29 bits per heavy atom. The second-order valence-corrected chi connectivity index (χ2v) is 5.49. The lowest BCUT2D eigenvalue weighted by atomic mass is 10.1. The van der Waals surface area contributed by atoms with Crippen LogP contribution < -0.4 is 4.90 Å². The third-order valence-corrected chi connectivity index (χ3v) is 3.85. The minimum Gasteiger partial charge on any atom is -0.476 e. The summed E-state index contributed by atoms with van der Waals surface area (Å²) in [6.07, 6.45) is 0.852. The fourth-order valence-electron chi connectivity index (χ4n) is 2.67. The highest BCUT2D eigenvalue weighted by atomic mass is 19.4. The number of nitrogens with zero attached hydrogens (tertiary/aromatic N) is 5. The molecule has 1 N–H and O–H groups in total. The molecule has 0 aromatic carbocycles. The van der Waals surface area contributed by atoms with Crippen molar-refractivity contribution >= 4 is 11.8 Å². The number of anilines is 1. The van der Waals surface area contributed by atoms with Crippen molar-refractivity contribution < 1.29 is 23.1 Å². The van der Waals surface area contributed by atoms with Crippen LogP contribution in [0.15, 0.2) is 24.7 Å². The topological polar surface area (TPSA) is 84.1 Å². The number of piperidine rings is 1. The van der Waals surface area contributed by atoms with Crippen LogP contribution in [0.1, 0.15) is 35.1 Å². The van der Waals surface area contributed by atoms with E-state index in [1.165, 1.54) is 17.1 Å². The Balaban J connectivity index is 1.74. The van der Waals surface area contributed by atoms with Gasteiger partial charge in [-0.25, -0.2) is 14.8 Å². The van der Waals surface area contributed by atoms with E-state index in [9.17, 15) is 18.0 Å². The summed E-state index contributed by atoms with van der Waals surface area (Å²) >= 11 is 0. The smallest absolute Gasteiger partial charge is 0.435 e. The van der Waals surface area contributed by atoms with Gasteiger partial charge in [0.25, 0.3) is 0 Å². The summed E-state index contributed by atoms with van der Waals surface area (Å²) < 4.78 is 39.3. The molecule has 7 nitrogen and oxygen atoms in total. The molecule has 1 aliphatic rings. The number of hydrogen-bond donors (Lipinski definition) is 1. The maximum Gasteiger partial charge on any atom is 0.435 e. The standard InChI is InChI=1S/C14H14F3N5O2/c15-14(16,17)11-3-5-22(20-11)9-2-1-4-21(8-9)12-7-18-10(6-19-12)13(23)24/h3,5-7,9H,1-2,4,8H2,(H,23,24). The lowest BCUT2D eigenvalue weighted by Crippen LogP contribution is -2.37. The number of carboxylic acids is 1. The molecule has 2 aromatic rings. The van der Waals surface area contributed by atoms with Gasteiger partial charge in [-0.3, -0.25) is 4.68 Å². The Morgan fingerprint density at radius 3 is 2.67 bits per heavy atom. The molecule has 3 heterocycles. The highest BCUT2D eigenvalue weighted by Crippen LogP contribution is 2.30. The van der Waals surface area contributed by atoms with Crippen LogP contribution in [0.25, 0.3) is 0 Å². The molecule has 0 aliphatic carbocycles. The van der Waals surface area contributed by atoms with E-state index in [1.54, 1.807) is 0 Å². The van der Waals surface area contributed by atoms with Crippen LogP contribution in [0.4, 0.5) is 19.0 Å². The molecule has 0 radical (unpaired) electrons. The first kappa shape index (κ1) is 16.2. The van der Waals surface area contributed by atoms with Crippen LogP contribution in [0.3, 0.4) is 0 Å². The zero-order chi connectivity index (χ0) is 17.3. The quantitative estimate of drug-likeness (QED) is 0.922. The molecule has 0 amide bonds. The van der Waals surface area contributed by atoms with Crippen molar-refractivity contribution in [3.8, 4) is 0 Å². The highest BCUT2D eigenvalue weighted by molar-refractivity contribution is 5.84. The van der Waals surface area contributed by atoms with Gasteiger partial charge in [0, 0.05) is 19.3 Å². The van der Waals surface area contributed by atoms with Crippen molar-refractivity contribution in [1.29, 1.82) is 0 Å². The van der Waals surface area contributed by atoms with Crippen molar-refractivity contribution in [3.05, 3.63) is 36.0 Å². The average molecular weight is 341 g/mol. The summed E-state index contributed by atoms with van der Waals surface area (Å²) in [4.78, 5) is 20.5. The highest BCUT2D eigenvalue weighted by Gasteiger charge is 2.34. The van der Waals surface area contributed by atoms with Gasteiger partial charge in [0.1, 0.15) is 5.82 Å². The van der Waals surface area contributed by atoms with E-state index in [4.69, 9.17) is 5.11 Å². The molecular formula is C14H14F3N5O2. The first-order valence-electron chi connectivity index (χ1n) is 7.27. The van der Waals surface area contributed by atoms with Crippen molar-refractivity contribution in [1.82, 2.24) is 19.7 Å². The number of alkyl halides is 3. The van der Waals surface area contributed by atoms with E-state index in [0.29, 0.717) is 25.3 Å². The summed E-state index contributed by atoms with van der Waals surface area (Å²) in [7, 11) is 0. The maximum atomic E-state index is 12.7. The zero-order valence-electron chi connectivity index (χ0n) is 12.4. The maximum absolute atomic E-state index is 12.7. The van der Waals surface area contributed by atoms with Crippen molar-refractivity contribution in [2.45, 2.75) is 25.1 Å². The Hall–Kier alpha value is -2.65. The molecule has 2 aromatic heterocycles. The molecule has 1 atom stereocenters. The largest absolute Gasteiger partial charge is 0.476 e. The number of aromatic carboxylic acids is 1. The molecule has 128 valence electrons. The van der Waals surface area contributed by atoms with Gasteiger partial charge in [-0.2, -0.15) is 18.3 Å². The van der Waals surface area contributed by atoms with E-state index in [-0.39, 0.29) is 11.7 Å². The molecule has 1 saturated heterocycles. The first-order chi connectivity index (χ1) is 11.3. The van der Waals surface area contributed by atoms with Crippen molar-refractivity contribution in [3.63, 3.8) is 0 Å². The van der Waals surface area contributed by atoms with Gasteiger partial charge in [0.2, 0.25) is 0 Å². The minimum absolute atomic E-state index is 0.158. The van der Waals surface area contributed by atoms with E-state index in [0.717, 1.165) is 18.7 Å². The third kappa shape index (κ3) is 3.31. The molecule has 0 saturated carbocycles. The van der Waals surface area contributed by atoms with Crippen molar-refractivity contribution in [2.75, 3.05) is 18.0 Å².